The predicted octanol–water partition coefficient (Wildman–Crippen LogP) is 6.27. The molecule has 0 saturated carbocycles. The minimum absolute atomic E-state index is 0.698. The Morgan fingerprint density at radius 2 is 1.78 bits per heavy atom. The number of fused-ring (bicyclic) bond motifs is 2. The number of rotatable bonds is 11. The van der Waals surface area contributed by atoms with Gasteiger partial charge in [0, 0.05) is 37.2 Å². The van der Waals surface area contributed by atoms with Crippen LogP contribution in [-0.4, -0.2) is 42.3 Å². The number of pyridine rings is 1. The summed E-state index contributed by atoms with van der Waals surface area (Å²) in [5, 5.41) is 12.1. The lowest BCUT2D eigenvalue weighted by molar-refractivity contribution is 0.478. The maximum Gasteiger partial charge on any atom is 0.160 e. The minimum Gasteiger partial charge on any atom is -0.457 e. The molecular weight excluding hydrogens is 464 g/mol. The van der Waals surface area contributed by atoms with Gasteiger partial charge in [0.25, 0.3) is 0 Å². The number of ether oxygens (including phenoxy) is 1. The van der Waals surface area contributed by atoms with Crippen molar-refractivity contribution < 1.29 is 4.74 Å². The zero-order valence-electron chi connectivity index (χ0n) is 21.9. The van der Waals surface area contributed by atoms with Gasteiger partial charge in [0.05, 0.1) is 5.69 Å². The molecule has 5 aromatic rings. The van der Waals surface area contributed by atoms with E-state index in [0.29, 0.717) is 11.7 Å². The molecule has 37 heavy (non-hydrogen) atoms. The summed E-state index contributed by atoms with van der Waals surface area (Å²) in [6, 6.07) is 11.9. The summed E-state index contributed by atoms with van der Waals surface area (Å²) in [6.45, 7) is 10.8. The van der Waals surface area contributed by atoms with Gasteiger partial charge in [-0.05, 0) is 61.6 Å². The van der Waals surface area contributed by atoms with Crippen molar-refractivity contribution >= 4 is 28.4 Å². The second-order valence-corrected chi connectivity index (χ2v) is 9.52. The van der Waals surface area contributed by atoms with Crippen molar-refractivity contribution in [2.24, 2.45) is 5.92 Å². The fourth-order valence-corrected chi connectivity index (χ4v) is 4.45. The van der Waals surface area contributed by atoms with Crippen LogP contribution in [0, 0.1) is 12.8 Å². The van der Waals surface area contributed by atoms with Crippen molar-refractivity contribution in [2.75, 3.05) is 23.3 Å². The normalized spacial score (nSPS) is 12.2. The van der Waals surface area contributed by atoms with Crippen molar-refractivity contribution in [3.63, 3.8) is 0 Å². The van der Waals surface area contributed by atoms with Gasteiger partial charge in [-0.2, -0.15) is 10.2 Å². The van der Waals surface area contributed by atoms with Crippen LogP contribution in [-0.2, 0) is 0 Å². The monoisotopic (exact) mass is 498 g/mol. The number of nitrogens with zero attached hydrogens (tertiary/aromatic N) is 7. The number of hydrogen-bond donors (Lipinski definition) is 1. The number of aryl methyl sites for hydroxylation is 1. The Hall–Kier alpha value is -4.14. The van der Waals surface area contributed by atoms with Crippen LogP contribution in [0.3, 0.4) is 0 Å². The van der Waals surface area contributed by atoms with Crippen LogP contribution in [0.1, 0.15) is 45.6 Å². The fourth-order valence-electron chi connectivity index (χ4n) is 4.45. The molecule has 192 valence electrons. The first-order chi connectivity index (χ1) is 18.1. The predicted molar refractivity (Wildman–Crippen MR) is 147 cm³/mol. The van der Waals surface area contributed by atoms with E-state index in [1.54, 1.807) is 10.8 Å². The summed E-state index contributed by atoms with van der Waals surface area (Å²) in [4.78, 5) is 11.3. The maximum absolute atomic E-state index is 6.14. The third-order valence-electron chi connectivity index (χ3n) is 6.77. The Balaban J connectivity index is 1.39. The van der Waals surface area contributed by atoms with Crippen molar-refractivity contribution in [1.82, 2.24) is 29.2 Å². The Morgan fingerprint density at radius 1 is 0.973 bits per heavy atom. The van der Waals surface area contributed by atoms with Crippen molar-refractivity contribution in [1.29, 1.82) is 0 Å². The number of hydrogen-bond acceptors (Lipinski definition) is 7. The quantitative estimate of drug-likeness (QED) is 0.230. The number of benzene rings is 1. The first kappa shape index (κ1) is 24.5. The summed E-state index contributed by atoms with van der Waals surface area (Å²) in [7, 11) is 0. The molecule has 0 aliphatic rings. The molecule has 0 spiro atoms. The van der Waals surface area contributed by atoms with Gasteiger partial charge in [-0.3, -0.25) is 0 Å². The molecule has 0 saturated heterocycles. The molecular formula is C28H34N8O. The second-order valence-electron chi connectivity index (χ2n) is 9.52. The van der Waals surface area contributed by atoms with E-state index in [4.69, 9.17) is 4.74 Å². The summed E-state index contributed by atoms with van der Waals surface area (Å²) < 4.78 is 9.75. The van der Waals surface area contributed by atoms with Gasteiger partial charge in [-0.15, -0.1) is 0 Å². The lowest BCUT2D eigenvalue weighted by atomic mass is 10.0. The third kappa shape index (κ3) is 5.35. The van der Waals surface area contributed by atoms with Gasteiger partial charge >= 0.3 is 0 Å². The lowest BCUT2D eigenvalue weighted by Gasteiger charge is -2.25. The fraction of sp³-hybridized carbons (Fsp3) is 0.357. The van der Waals surface area contributed by atoms with Crippen LogP contribution in [0.4, 0.5) is 17.2 Å². The van der Waals surface area contributed by atoms with E-state index in [1.165, 1.54) is 12.7 Å². The standard InChI is InChI=1S/C28H34N8O/c1-5-12-34(13-9-20(3)6-2)24-11-15-36-27(24)28(30-19-32-36)33-22-7-8-25(21(4)16-22)37-23-10-14-35-26(17-23)29-18-31-35/h7-8,10-11,14-20H,5-6,9,12-13H2,1-4H3,(H,30,32,33)/t20-/m1/s1. The topological polar surface area (TPSA) is 84.9 Å². The molecule has 0 unspecified atom stereocenters. The molecule has 1 aromatic carbocycles. The van der Waals surface area contributed by atoms with Crippen molar-refractivity contribution in [3.05, 3.63) is 67.0 Å². The lowest BCUT2D eigenvalue weighted by Crippen LogP contribution is -2.26. The summed E-state index contributed by atoms with van der Waals surface area (Å²) >= 11 is 0. The highest BCUT2D eigenvalue weighted by atomic mass is 16.5. The number of anilines is 3. The van der Waals surface area contributed by atoms with E-state index in [0.717, 1.165) is 65.6 Å². The SMILES string of the molecule is CCCN(CC[C@H](C)CC)c1ccn2ncnc(Nc3ccc(Oc4ccn5ncnc5c4)c(C)c3)c12. The summed E-state index contributed by atoms with van der Waals surface area (Å²) in [5.41, 5.74) is 4.83. The van der Waals surface area contributed by atoms with E-state index in [-0.39, 0.29) is 0 Å². The molecule has 9 nitrogen and oxygen atoms in total. The van der Waals surface area contributed by atoms with Gasteiger partial charge in [0.2, 0.25) is 0 Å². The van der Waals surface area contributed by atoms with Crippen LogP contribution < -0.4 is 15.0 Å². The van der Waals surface area contributed by atoms with Crippen LogP contribution in [0.2, 0.25) is 0 Å². The molecule has 1 N–H and O–H groups in total. The molecule has 9 heteroatoms. The highest BCUT2D eigenvalue weighted by molar-refractivity contribution is 5.86. The molecule has 0 amide bonds. The maximum atomic E-state index is 6.14. The van der Waals surface area contributed by atoms with Crippen molar-refractivity contribution in [3.8, 4) is 11.5 Å². The van der Waals surface area contributed by atoms with Crippen LogP contribution in [0.5, 0.6) is 11.5 Å². The first-order valence-electron chi connectivity index (χ1n) is 13.0. The largest absolute Gasteiger partial charge is 0.457 e. The second kappa shape index (κ2) is 10.9. The number of aromatic nitrogens is 6. The average molecular weight is 499 g/mol. The smallest absolute Gasteiger partial charge is 0.160 e. The number of nitrogens with one attached hydrogen (secondary N) is 1. The van der Waals surface area contributed by atoms with Crippen molar-refractivity contribution in [2.45, 2.75) is 47.0 Å². The third-order valence-corrected chi connectivity index (χ3v) is 6.77. The Labute approximate surface area is 217 Å². The molecule has 0 aliphatic carbocycles. The van der Waals surface area contributed by atoms with E-state index >= 15 is 0 Å². The minimum atomic E-state index is 0.698. The van der Waals surface area contributed by atoms with Crippen LogP contribution >= 0.6 is 0 Å². The zero-order chi connectivity index (χ0) is 25.8. The van der Waals surface area contributed by atoms with E-state index in [9.17, 15) is 0 Å². The molecule has 4 heterocycles. The molecule has 0 bridgehead atoms. The van der Waals surface area contributed by atoms with Gasteiger partial charge in [0.1, 0.15) is 29.7 Å². The van der Waals surface area contributed by atoms with Gasteiger partial charge < -0.3 is 15.0 Å². The molecule has 5 rings (SSSR count). The van der Waals surface area contributed by atoms with Gasteiger partial charge in [-0.25, -0.2) is 19.0 Å². The highest BCUT2D eigenvalue weighted by Gasteiger charge is 2.17. The average Bonchev–Trinajstić information content (AvgIpc) is 3.55. The Bertz CT molecular complexity index is 1490. The van der Waals surface area contributed by atoms with E-state index in [2.05, 4.69) is 63.3 Å². The highest BCUT2D eigenvalue weighted by Crippen LogP contribution is 2.32. The van der Waals surface area contributed by atoms with Gasteiger partial charge in [0.15, 0.2) is 11.5 Å². The molecule has 4 aromatic heterocycles. The van der Waals surface area contributed by atoms with E-state index in [1.807, 2.05) is 48.1 Å². The Kier molecular flexibility index (Phi) is 7.20. The van der Waals surface area contributed by atoms with Crippen LogP contribution in [0.15, 0.2) is 61.4 Å². The molecule has 0 fully saturated rings. The summed E-state index contributed by atoms with van der Waals surface area (Å²) in [6.07, 6.45) is 10.4. The van der Waals surface area contributed by atoms with Crippen LogP contribution in [0.25, 0.3) is 11.2 Å². The summed E-state index contributed by atoms with van der Waals surface area (Å²) in [5.74, 6) is 2.98. The zero-order valence-corrected chi connectivity index (χ0v) is 21.9. The molecule has 0 aliphatic heterocycles. The first-order valence-corrected chi connectivity index (χ1v) is 13.0. The molecule has 0 radical (unpaired) electrons. The van der Waals surface area contributed by atoms with E-state index < -0.39 is 0 Å². The molecule has 1 atom stereocenters. The Morgan fingerprint density at radius 3 is 2.59 bits per heavy atom. The van der Waals surface area contributed by atoms with Gasteiger partial charge in [-0.1, -0.05) is 27.2 Å².